The first-order chi connectivity index (χ1) is 8.67. The number of amides is 1. The Hall–Kier alpha value is -1.71. The Kier molecular flexibility index (Phi) is 3.75. The van der Waals surface area contributed by atoms with Gasteiger partial charge in [0, 0.05) is 6.54 Å². The molecule has 0 bridgehead atoms. The van der Waals surface area contributed by atoms with E-state index in [2.05, 4.69) is 0 Å². The zero-order chi connectivity index (χ0) is 13.1. The molecule has 4 nitrogen and oxygen atoms in total. The molecule has 1 amide bonds. The molecule has 0 aliphatic carbocycles. The van der Waals surface area contributed by atoms with E-state index in [-0.39, 0.29) is 12.1 Å². The normalized spacial score (nSPS) is 18.2. The van der Waals surface area contributed by atoms with Crippen molar-refractivity contribution in [2.24, 2.45) is 0 Å². The van der Waals surface area contributed by atoms with Crippen molar-refractivity contribution in [2.75, 3.05) is 20.3 Å². The SMILES string of the molecule is CCOC(=O)N1CCc2cc(OC)ccc2C1C. The molecule has 1 aliphatic heterocycles. The Labute approximate surface area is 107 Å². The van der Waals surface area contributed by atoms with Crippen LogP contribution in [-0.4, -0.2) is 31.3 Å². The van der Waals surface area contributed by atoms with Crippen molar-refractivity contribution in [1.82, 2.24) is 4.90 Å². The van der Waals surface area contributed by atoms with E-state index in [1.165, 1.54) is 11.1 Å². The maximum absolute atomic E-state index is 11.8. The minimum absolute atomic E-state index is 0.0544. The van der Waals surface area contributed by atoms with Crippen LogP contribution >= 0.6 is 0 Å². The van der Waals surface area contributed by atoms with E-state index >= 15 is 0 Å². The van der Waals surface area contributed by atoms with E-state index in [9.17, 15) is 4.79 Å². The van der Waals surface area contributed by atoms with Gasteiger partial charge in [-0.1, -0.05) is 6.07 Å². The van der Waals surface area contributed by atoms with Gasteiger partial charge < -0.3 is 14.4 Å². The van der Waals surface area contributed by atoms with E-state index in [1.807, 2.05) is 32.0 Å². The monoisotopic (exact) mass is 249 g/mol. The van der Waals surface area contributed by atoms with Crippen molar-refractivity contribution in [3.8, 4) is 5.75 Å². The molecule has 1 heterocycles. The summed E-state index contributed by atoms with van der Waals surface area (Å²) in [6, 6.07) is 6.07. The van der Waals surface area contributed by atoms with Crippen LogP contribution in [0.5, 0.6) is 5.75 Å². The molecule has 0 radical (unpaired) electrons. The number of carbonyl (C=O) groups is 1. The number of methoxy groups -OCH3 is 1. The largest absolute Gasteiger partial charge is 0.497 e. The maximum atomic E-state index is 11.8. The minimum Gasteiger partial charge on any atom is -0.497 e. The number of fused-ring (bicyclic) bond motifs is 1. The zero-order valence-corrected chi connectivity index (χ0v) is 11.1. The summed E-state index contributed by atoms with van der Waals surface area (Å²) in [5.74, 6) is 0.866. The summed E-state index contributed by atoms with van der Waals surface area (Å²) in [6.45, 7) is 4.96. The lowest BCUT2D eigenvalue weighted by molar-refractivity contribution is 0.0901. The Bertz CT molecular complexity index is 445. The third kappa shape index (κ3) is 2.28. The molecule has 0 saturated heterocycles. The molecule has 2 rings (SSSR count). The lowest BCUT2D eigenvalue weighted by Crippen LogP contribution is -2.39. The lowest BCUT2D eigenvalue weighted by atomic mass is 9.93. The van der Waals surface area contributed by atoms with Crippen LogP contribution in [0.2, 0.25) is 0 Å². The molecule has 18 heavy (non-hydrogen) atoms. The number of hydrogen-bond acceptors (Lipinski definition) is 3. The Balaban J connectivity index is 2.23. The molecular formula is C14H19NO3. The number of hydrogen-bond donors (Lipinski definition) is 0. The van der Waals surface area contributed by atoms with Crippen LogP contribution in [0.4, 0.5) is 4.79 Å². The van der Waals surface area contributed by atoms with E-state index < -0.39 is 0 Å². The first kappa shape index (κ1) is 12.7. The van der Waals surface area contributed by atoms with Gasteiger partial charge in [0.1, 0.15) is 5.75 Å². The van der Waals surface area contributed by atoms with Crippen molar-refractivity contribution in [1.29, 1.82) is 0 Å². The molecule has 0 saturated carbocycles. The molecule has 1 aromatic carbocycles. The van der Waals surface area contributed by atoms with Gasteiger partial charge in [-0.3, -0.25) is 0 Å². The van der Waals surface area contributed by atoms with Crippen LogP contribution in [0.15, 0.2) is 18.2 Å². The van der Waals surface area contributed by atoms with Crippen LogP contribution in [0.3, 0.4) is 0 Å². The van der Waals surface area contributed by atoms with Crippen molar-refractivity contribution in [2.45, 2.75) is 26.3 Å². The third-order valence-electron chi connectivity index (χ3n) is 3.39. The highest BCUT2D eigenvalue weighted by atomic mass is 16.6. The average molecular weight is 249 g/mol. The summed E-state index contributed by atoms with van der Waals surface area (Å²) < 4.78 is 10.3. The minimum atomic E-state index is -0.230. The van der Waals surface area contributed by atoms with E-state index in [0.29, 0.717) is 13.2 Å². The van der Waals surface area contributed by atoms with Crippen LogP contribution in [0.25, 0.3) is 0 Å². The molecule has 1 unspecified atom stereocenters. The van der Waals surface area contributed by atoms with Gasteiger partial charge in [0.05, 0.1) is 19.8 Å². The standard InChI is InChI=1S/C14H19NO3/c1-4-18-14(16)15-8-7-11-9-12(17-3)5-6-13(11)10(15)2/h5-6,9-10H,4,7-8H2,1-3H3. The second-order valence-electron chi connectivity index (χ2n) is 4.38. The topological polar surface area (TPSA) is 38.8 Å². The van der Waals surface area contributed by atoms with Crippen LogP contribution < -0.4 is 4.74 Å². The van der Waals surface area contributed by atoms with E-state index in [4.69, 9.17) is 9.47 Å². The van der Waals surface area contributed by atoms with Crippen LogP contribution in [0.1, 0.15) is 31.0 Å². The van der Waals surface area contributed by atoms with E-state index in [0.717, 1.165) is 12.2 Å². The molecule has 1 aromatic rings. The fourth-order valence-electron chi connectivity index (χ4n) is 2.39. The molecule has 0 spiro atoms. The second kappa shape index (κ2) is 5.29. The summed E-state index contributed by atoms with van der Waals surface area (Å²) in [5, 5.41) is 0. The van der Waals surface area contributed by atoms with Crippen LogP contribution in [-0.2, 0) is 11.2 Å². The van der Waals surface area contributed by atoms with Crippen molar-refractivity contribution >= 4 is 6.09 Å². The van der Waals surface area contributed by atoms with E-state index in [1.54, 1.807) is 12.0 Å². The quantitative estimate of drug-likeness (QED) is 0.809. The van der Waals surface area contributed by atoms with Gasteiger partial charge in [-0.05, 0) is 43.5 Å². The number of rotatable bonds is 2. The number of ether oxygens (including phenoxy) is 2. The molecule has 98 valence electrons. The summed E-state index contributed by atoms with van der Waals surface area (Å²) >= 11 is 0. The van der Waals surface area contributed by atoms with Gasteiger partial charge in [-0.2, -0.15) is 0 Å². The van der Waals surface area contributed by atoms with Gasteiger partial charge >= 0.3 is 6.09 Å². The highest BCUT2D eigenvalue weighted by Gasteiger charge is 2.28. The first-order valence-electron chi connectivity index (χ1n) is 6.27. The molecule has 1 aliphatic rings. The highest BCUT2D eigenvalue weighted by Crippen LogP contribution is 2.32. The number of nitrogens with zero attached hydrogens (tertiary/aromatic N) is 1. The predicted molar refractivity (Wildman–Crippen MR) is 68.8 cm³/mol. The molecular weight excluding hydrogens is 230 g/mol. The molecule has 1 atom stereocenters. The molecule has 4 heteroatoms. The van der Waals surface area contributed by atoms with Gasteiger partial charge in [0.15, 0.2) is 0 Å². The predicted octanol–water partition coefficient (Wildman–Crippen LogP) is 2.77. The van der Waals surface area contributed by atoms with Crippen LogP contribution in [0, 0.1) is 0 Å². The number of carbonyl (C=O) groups excluding carboxylic acids is 1. The Morgan fingerprint density at radius 1 is 1.50 bits per heavy atom. The molecule has 0 fully saturated rings. The molecule has 0 N–H and O–H groups in total. The summed E-state index contributed by atoms with van der Waals surface area (Å²) in [6.07, 6.45) is 0.613. The summed E-state index contributed by atoms with van der Waals surface area (Å²) in [5.41, 5.74) is 2.43. The zero-order valence-electron chi connectivity index (χ0n) is 11.1. The van der Waals surface area contributed by atoms with Crippen molar-refractivity contribution in [3.63, 3.8) is 0 Å². The Morgan fingerprint density at radius 3 is 2.94 bits per heavy atom. The summed E-state index contributed by atoms with van der Waals surface area (Å²) in [4.78, 5) is 13.6. The fraction of sp³-hybridized carbons (Fsp3) is 0.500. The highest BCUT2D eigenvalue weighted by molar-refractivity contribution is 5.69. The first-order valence-corrected chi connectivity index (χ1v) is 6.27. The second-order valence-corrected chi connectivity index (χ2v) is 4.38. The smallest absolute Gasteiger partial charge is 0.410 e. The molecule has 0 aromatic heterocycles. The van der Waals surface area contributed by atoms with Gasteiger partial charge in [-0.25, -0.2) is 4.79 Å². The fourth-order valence-corrected chi connectivity index (χ4v) is 2.39. The van der Waals surface area contributed by atoms with Gasteiger partial charge in [0.2, 0.25) is 0 Å². The summed E-state index contributed by atoms with van der Waals surface area (Å²) in [7, 11) is 1.67. The Morgan fingerprint density at radius 2 is 2.28 bits per heavy atom. The average Bonchev–Trinajstić information content (AvgIpc) is 2.38. The number of benzene rings is 1. The van der Waals surface area contributed by atoms with Crippen molar-refractivity contribution < 1.29 is 14.3 Å². The third-order valence-corrected chi connectivity index (χ3v) is 3.39. The maximum Gasteiger partial charge on any atom is 0.410 e. The van der Waals surface area contributed by atoms with Crippen molar-refractivity contribution in [3.05, 3.63) is 29.3 Å². The van der Waals surface area contributed by atoms with Gasteiger partial charge in [0.25, 0.3) is 0 Å². The van der Waals surface area contributed by atoms with Gasteiger partial charge in [-0.15, -0.1) is 0 Å². The lowest BCUT2D eigenvalue weighted by Gasteiger charge is -2.34.